The molecule has 2 aliphatic carbocycles. The quantitative estimate of drug-likeness (QED) is 0.374. The first-order valence-electron chi connectivity index (χ1n) is 16.6. The summed E-state index contributed by atoms with van der Waals surface area (Å²) in [7, 11) is -4.29. The molecule has 0 saturated heterocycles. The van der Waals surface area contributed by atoms with Gasteiger partial charge in [-0.1, -0.05) is 129 Å². The highest BCUT2D eigenvalue weighted by Gasteiger charge is 2.31. The van der Waals surface area contributed by atoms with E-state index in [-0.39, 0.29) is 10.8 Å². The van der Waals surface area contributed by atoms with E-state index in [9.17, 15) is 13.0 Å². The van der Waals surface area contributed by atoms with Crippen molar-refractivity contribution in [2.24, 2.45) is 0 Å². The van der Waals surface area contributed by atoms with Crippen molar-refractivity contribution < 1.29 is 13.0 Å². The zero-order valence-electron chi connectivity index (χ0n) is 24.9. The van der Waals surface area contributed by atoms with Crippen LogP contribution in [0, 0.1) is 0 Å². The predicted octanol–water partition coefficient (Wildman–Crippen LogP) is 10.8. The molecule has 0 radical (unpaired) electrons. The van der Waals surface area contributed by atoms with Crippen molar-refractivity contribution in [2.45, 2.75) is 185 Å². The highest BCUT2D eigenvalue weighted by Crippen LogP contribution is 2.44. The van der Waals surface area contributed by atoms with Crippen LogP contribution in [0.5, 0.6) is 0 Å². The van der Waals surface area contributed by atoms with Crippen LogP contribution in [0.25, 0.3) is 0 Å². The van der Waals surface area contributed by atoms with Gasteiger partial charge in [0.05, 0.1) is 4.90 Å². The normalized spacial score (nSPS) is 21.6. The molecule has 2 saturated carbocycles. The Hall–Kier alpha value is -0.870. The molecule has 0 heterocycles. The summed E-state index contributed by atoms with van der Waals surface area (Å²) in [6.07, 6.45) is 29.4. The Kier molecular flexibility index (Phi) is 14.2. The fourth-order valence-corrected chi connectivity index (χ4v) is 8.37. The summed E-state index contributed by atoms with van der Waals surface area (Å²) in [5.74, 6) is 0.645. The first-order chi connectivity index (χ1) is 18.5. The molecule has 0 unspecified atom stereocenters. The molecule has 1 N–H and O–H groups in total. The molecule has 218 valence electrons. The molecule has 0 amide bonds. The third kappa shape index (κ3) is 9.65. The molecule has 0 atom stereocenters. The molecule has 1 aromatic rings. The van der Waals surface area contributed by atoms with Gasteiger partial charge >= 0.3 is 0 Å². The Labute approximate surface area is 235 Å². The summed E-state index contributed by atoms with van der Waals surface area (Å²) < 4.78 is 36.7. The van der Waals surface area contributed by atoms with Crippen LogP contribution in [0.3, 0.4) is 0 Å². The molecular formula is C34H58O3S. The zero-order chi connectivity index (χ0) is 27.2. The first kappa shape index (κ1) is 31.7. The van der Waals surface area contributed by atoms with Crippen molar-refractivity contribution in [3.63, 3.8) is 0 Å². The fourth-order valence-electron chi connectivity index (χ4n) is 7.53. The van der Waals surface area contributed by atoms with E-state index < -0.39 is 10.1 Å². The lowest BCUT2D eigenvalue weighted by Crippen LogP contribution is -2.18. The van der Waals surface area contributed by atoms with Gasteiger partial charge < -0.3 is 0 Å². The summed E-state index contributed by atoms with van der Waals surface area (Å²) in [5.41, 5.74) is 4.93. The Bertz CT molecular complexity index is 896. The average molecular weight is 547 g/mol. The second-order valence-electron chi connectivity index (χ2n) is 12.4. The van der Waals surface area contributed by atoms with Crippen LogP contribution in [0.2, 0.25) is 0 Å². The van der Waals surface area contributed by atoms with Gasteiger partial charge in [0, 0.05) is 0 Å². The largest absolute Gasteiger partial charge is 0.294 e. The van der Waals surface area contributed by atoms with E-state index in [0.29, 0.717) is 5.92 Å². The summed E-state index contributed by atoms with van der Waals surface area (Å²) in [4.78, 5) is 0.254. The lowest BCUT2D eigenvalue weighted by molar-refractivity contribution is 0.438. The van der Waals surface area contributed by atoms with Gasteiger partial charge in [-0.2, -0.15) is 8.42 Å². The van der Waals surface area contributed by atoms with Crippen LogP contribution >= 0.6 is 0 Å². The molecular weight excluding hydrogens is 488 g/mol. The van der Waals surface area contributed by atoms with E-state index in [1.807, 2.05) is 6.07 Å². The molecule has 3 nitrogen and oxygen atoms in total. The lowest BCUT2D eigenvalue weighted by atomic mass is 9.75. The summed E-state index contributed by atoms with van der Waals surface area (Å²) >= 11 is 0. The van der Waals surface area contributed by atoms with Crippen molar-refractivity contribution in [1.82, 2.24) is 0 Å². The minimum atomic E-state index is -4.29. The van der Waals surface area contributed by atoms with Gasteiger partial charge in [0.25, 0.3) is 10.1 Å². The number of benzene rings is 1. The van der Waals surface area contributed by atoms with Gasteiger partial charge in [-0.3, -0.25) is 4.55 Å². The fraction of sp³-hybridized carbons (Fsp3) is 0.824. The van der Waals surface area contributed by atoms with Crippen molar-refractivity contribution in [2.75, 3.05) is 0 Å². The predicted molar refractivity (Wildman–Crippen MR) is 162 cm³/mol. The van der Waals surface area contributed by atoms with Crippen molar-refractivity contribution in [3.8, 4) is 0 Å². The Morgan fingerprint density at radius 3 is 1.24 bits per heavy atom. The number of hydrogen-bond donors (Lipinski definition) is 1. The number of hydrogen-bond acceptors (Lipinski definition) is 2. The molecule has 0 aromatic heterocycles. The maximum Gasteiger partial charge on any atom is 0.294 e. The maximum absolute atomic E-state index is 13.0. The van der Waals surface area contributed by atoms with E-state index in [1.54, 1.807) is 0 Å². The Morgan fingerprint density at radius 2 is 0.921 bits per heavy atom. The van der Waals surface area contributed by atoms with Crippen LogP contribution in [0.4, 0.5) is 0 Å². The monoisotopic (exact) mass is 546 g/mol. The van der Waals surface area contributed by atoms with Gasteiger partial charge in [0.2, 0.25) is 0 Å². The minimum Gasteiger partial charge on any atom is -0.282 e. The van der Waals surface area contributed by atoms with Gasteiger partial charge in [-0.05, 0) is 78.7 Å². The molecule has 1 aromatic carbocycles. The second kappa shape index (κ2) is 17.1. The van der Waals surface area contributed by atoms with Crippen LogP contribution in [-0.4, -0.2) is 13.0 Å². The van der Waals surface area contributed by atoms with E-state index >= 15 is 0 Å². The Morgan fingerprint density at radius 1 is 0.579 bits per heavy atom. The van der Waals surface area contributed by atoms with Crippen molar-refractivity contribution >= 4 is 10.1 Å². The highest BCUT2D eigenvalue weighted by atomic mass is 32.2. The Balaban J connectivity index is 2.12. The topological polar surface area (TPSA) is 54.4 Å². The third-order valence-electron chi connectivity index (χ3n) is 9.61. The molecule has 0 spiro atoms. The van der Waals surface area contributed by atoms with Crippen molar-refractivity contribution in [3.05, 3.63) is 28.3 Å². The van der Waals surface area contributed by atoms with E-state index in [4.69, 9.17) is 0 Å². The molecule has 2 fully saturated rings. The van der Waals surface area contributed by atoms with Crippen LogP contribution < -0.4 is 0 Å². The minimum absolute atomic E-state index is 0.235. The molecule has 0 bridgehead atoms. The van der Waals surface area contributed by atoms with Crippen molar-refractivity contribution in [1.29, 1.82) is 0 Å². The standard InChI is InChI=1S/C34H58O3S/c1-3-28-27-32(38(35,36)37)34(30-25-21-17-13-9-6-10-14-18-22-26-30)33(31(28)4-2)29-23-19-15-11-7-5-8-12-16-20-24-29/h27,29-30H,3-26H2,1-2H3,(H,35,36,37). The zero-order valence-corrected chi connectivity index (χ0v) is 25.7. The molecule has 0 aliphatic heterocycles. The summed E-state index contributed by atoms with van der Waals surface area (Å²) in [6.45, 7) is 4.40. The maximum atomic E-state index is 13.0. The first-order valence-corrected chi connectivity index (χ1v) is 18.1. The molecule has 2 aliphatic rings. The molecule has 38 heavy (non-hydrogen) atoms. The molecule has 4 heteroatoms. The smallest absolute Gasteiger partial charge is 0.282 e. The number of aryl methyl sites for hydroxylation is 1. The highest BCUT2D eigenvalue weighted by molar-refractivity contribution is 7.85. The third-order valence-corrected chi connectivity index (χ3v) is 10.5. The SMILES string of the molecule is CCc1cc(S(=O)(=O)O)c(C2CCCCCCCCCCC2)c(C2CCCCCCCCCCC2)c1CC. The van der Waals surface area contributed by atoms with Crippen LogP contribution in [0.15, 0.2) is 11.0 Å². The lowest BCUT2D eigenvalue weighted by Gasteiger charge is -2.32. The van der Waals surface area contributed by atoms with E-state index in [0.717, 1.165) is 62.5 Å². The van der Waals surface area contributed by atoms with Gasteiger partial charge in [0.15, 0.2) is 0 Å². The van der Waals surface area contributed by atoms with Gasteiger partial charge in [0.1, 0.15) is 0 Å². The summed E-state index contributed by atoms with van der Waals surface area (Å²) in [5, 5.41) is 0. The van der Waals surface area contributed by atoms with E-state index in [1.165, 1.54) is 114 Å². The number of rotatable bonds is 5. The van der Waals surface area contributed by atoms with Crippen LogP contribution in [0.1, 0.15) is 189 Å². The van der Waals surface area contributed by atoms with E-state index in [2.05, 4.69) is 13.8 Å². The second-order valence-corrected chi connectivity index (χ2v) is 13.8. The van der Waals surface area contributed by atoms with Crippen LogP contribution in [-0.2, 0) is 23.0 Å². The van der Waals surface area contributed by atoms with Gasteiger partial charge in [-0.15, -0.1) is 0 Å². The summed E-state index contributed by atoms with van der Waals surface area (Å²) in [6, 6.07) is 1.87. The molecule has 3 rings (SSSR count). The van der Waals surface area contributed by atoms with Gasteiger partial charge in [-0.25, -0.2) is 0 Å². The average Bonchev–Trinajstić information content (AvgIpc) is 2.88.